The van der Waals surface area contributed by atoms with Gasteiger partial charge in [0.2, 0.25) is 10.0 Å². The van der Waals surface area contributed by atoms with Gasteiger partial charge in [0.15, 0.2) is 0 Å². The monoisotopic (exact) mass is 360 g/mol. The summed E-state index contributed by atoms with van der Waals surface area (Å²) in [6, 6.07) is 4.66. The molecule has 2 N–H and O–H groups in total. The van der Waals surface area contributed by atoms with E-state index in [-0.39, 0.29) is 10.8 Å². The maximum absolute atomic E-state index is 12.5. The van der Waals surface area contributed by atoms with Crippen LogP contribution in [0.3, 0.4) is 0 Å². The molecule has 0 aliphatic heterocycles. The summed E-state index contributed by atoms with van der Waals surface area (Å²) in [5, 5.41) is 5.13. The molecule has 0 unspecified atom stereocenters. The van der Waals surface area contributed by atoms with Crippen LogP contribution in [0, 0.1) is 0 Å². The van der Waals surface area contributed by atoms with Crippen molar-refractivity contribution in [1.29, 1.82) is 0 Å². The Balaban J connectivity index is 2.36. The molecule has 0 radical (unpaired) electrons. The first-order valence-corrected chi connectivity index (χ1v) is 8.81. The number of carbonyl (C=O) groups is 1. The number of nitrogens with two attached hydrogens (primary N) is 1. The Morgan fingerprint density at radius 2 is 2.05 bits per heavy atom. The van der Waals surface area contributed by atoms with E-state index in [1.165, 1.54) is 12.1 Å². The van der Waals surface area contributed by atoms with Crippen LogP contribution in [0.4, 0.5) is 0 Å². The van der Waals surface area contributed by atoms with Gasteiger partial charge in [0.25, 0.3) is 5.91 Å². The highest BCUT2D eigenvalue weighted by molar-refractivity contribution is 9.10. The molecular weight excluding hydrogens is 344 g/mol. The summed E-state index contributed by atoms with van der Waals surface area (Å²) in [4.78, 5) is 14.3. The number of halogens is 1. The third-order valence-electron chi connectivity index (χ3n) is 3.16. The predicted octanol–water partition coefficient (Wildman–Crippen LogP) is 2.11. The highest BCUT2D eigenvalue weighted by Gasteiger charge is 2.32. The van der Waals surface area contributed by atoms with Gasteiger partial charge >= 0.3 is 0 Å². The van der Waals surface area contributed by atoms with E-state index in [1.54, 1.807) is 6.07 Å². The number of rotatable bonds is 5. The van der Waals surface area contributed by atoms with E-state index in [1.807, 2.05) is 11.8 Å². The molecule has 110 valence electrons. The Bertz CT molecular complexity index is 627. The van der Waals surface area contributed by atoms with Crippen LogP contribution in [0.1, 0.15) is 36.5 Å². The number of amides is 1. The van der Waals surface area contributed by atoms with E-state index in [0.29, 0.717) is 22.6 Å². The van der Waals surface area contributed by atoms with Crippen molar-refractivity contribution >= 4 is 31.9 Å². The molecule has 0 bridgehead atoms. The lowest BCUT2D eigenvalue weighted by atomic mass is 10.2. The van der Waals surface area contributed by atoms with E-state index in [4.69, 9.17) is 5.14 Å². The first kappa shape index (κ1) is 15.5. The molecule has 2 rings (SSSR count). The van der Waals surface area contributed by atoms with Crippen LogP contribution in [0.5, 0.6) is 0 Å². The van der Waals surface area contributed by atoms with Crippen molar-refractivity contribution in [2.24, 2.45) is 5.14 Å². The summed E-state index contributed by atoms with van der Waals surface area (Å²) in [6.45, 7) is 2.69. The second-order valence-corrected chi connectivity index (χ2v) is 7.43. The Labute approximate surface area is 127 Å². The van der Waals surface area contributed by atoms with Crippen LogP contribution in [0.2, 0.25) is 0 Å². The van der Waals surface area contributed by atoms with Crippen molar-refractivity contribution in [2.75, 3.05) is 6.54 Å². The maximum atomic E-state index is 12.5. The van der Waals surface area contributed by atoms with E-state index in [2.05, 4.69) is 15.9 Å². The average Bonchev–Trinajstić information content (AvgIpc) is 3.17. The van der Waals surface area contributed by atoms with Crippen molar-refractivity contribution in [1.82, 2.24) is 4.90 Å². The van der Waals surface area contributed by atoms with Gasteiger partial charge in [-0.1, -0.05) is 22.9 Å². The third-order valence-corrected chi connectivity index (χ3v) is 4.51. The Kier molecular flexibility index (Phi) is 4.51. The highest BCUT2D eigenvalue weighted by atomic mass is 79.9. The minimum atomic E-state index is -3.82. The second kappa shape index (κ2) is 5.83. The molecule has 0 spiro atoms. The molecule has 1 aliphatic carbocycles. The van der Waals surface area contributed by atoms with E-state index in [0.717, 1.165) is 19.3 Å². The Hall–Kier alpha value is -0.920. The van der Waals surface area contributed by atoms with Crippen molar-refractivity contribution in [3.8, 4) is 0 Å². The van der Waals surface area contributed by atoms with Gasteiger partial charge in [-0.3, -0.25) is 4.79 Å². The molecule has 20 heavy (non-hydrogen) atoms. The van der Waals surface area contributed by atoms with Crippen LogP contribution in [-0.4, -0.2) is 31.8 Å². The topological polar surface area (TPSA) is 80.5 Å². The number of primary sulfonamides is 1. The smallest absolute Gasteiger partial charge is 0.254 e. The molecule has 1 aromatic carbocycles. The van der Waals surface area contributed by atoms with Gasteiger partial charge in [0.1, 0.15) is 0 Å². The largest absolute Gasteiger partial charge is 0.336 e. The molecule has 7 heteroatoms. The standard InChI is InChI=1S/C13H17BrN2O3S/c1-2-5-16(11-3-4-11)13(17)9-6-10(14)8-12(7-9)20(15,18)19/h6-8,11H,2-5H2,1H3,(H2,15,18,19). The minimum absolute atomic E-state index is 0.0533. The lowest BCUT2D eigenvalue weighted by molar-refractivity contribution is 0.0743. The van der Waals surface area contributed by atoms with Crippen LogP contribution in [0.25, 0.3) is 0 Å². The number of hydrogen-bond acceptors (Lipinski definition) is 3. The number of hydrogen-bond donors (Lipinski definition) is 1. The molecule has 5 nitrogen and oxygen atoms in total. The zero-order valence-corrected chi connectivity index (χ0v) is 13.6. The van der Waals surface area contributed by atoms with E-state index < -0.39 is 10.0 Å². The van der Waals surface area contributed by atoms with Gasteiger partial charge in [-0.15, -0.1) is 0 Å². The van der Waals surface area contributed by atoms with Gasteiger partial charge in [-0.2, -0.15) is 0 Å². The minimum Gasteiger partial charge on any atom is -0.336 e. The number of sulfonamides is 1. The van der Waals surface area contributed by atoms with Crippen LogP contribution in [0.15, 0.2) is 27.6 Å². The molecule has 0 heterocycles. The van der Waals surface area contributed by atoms with Crippen molar-refractivity contribution in [2.45, 2.75) is 37.1 Å². The first-order valence-electron chi connectivity index (χ1n) is 6.47. The van der Waals surface area contributed by atoms with Gasteiger partial charge in [0, 0.05) is 22.6 Å². The summed E-state index contributed by atoms with van der Waals surface area (Å²) in [5.41, 5.74) is 0.351. The zero-order chi connectivity index (χ0) is 14.9. The number of nitrogens with zero attached hydrogens (tertiary/aromatic N) is 1. The average molecular weight is 361 g/mol. The van der Waals surface area contributed by atoms with Crippen molar-refractivity contribution in [3.63, 3.8) is 0 Å². The SMILES string of the molecule is CCCN(C(=O)c1cc(Br)cc(S(N)(=O)=O)c1)C1CC1. The molecule has 1 aliphatic rings. The van der Waals surface area contributed by atoms with Crippen molar-refractivity contribution in [3.05, 3.63) is 28.2 Å². The summed E-state index contributed by atoms with van der Waals surface area (Å²) in [5.74, 6) is -0.138. The quantitative estimate of drug-likeness (QED) is 0.872. The van der Waals surface area contributed by atoms with Crippen molar-refractivity contribution < 1.29 is 13.2 Å². The number of carbonyl (C=O) groups excluding carboxylic acids is 1. The fourth-order valence-corrected chi connectivity index (χ4v) is 3.32. The van der Waals surface area contributed by atoms with Crippen LogP contribution < -0.4 is 5.14 Å². The third kappa shape index (κ3) is 3.59. The number of benzene rings is 1. The van der Waals surface area contributed by atoms with Gasteiger partial charge in [-0.25, -0.2) is 13.6 Å². The van der Waals surface area contributed by atoms with E-state index in [9.17, 15) is 13.2 Å². The summed E-state index contributed by atoms with van der Waals surface area (Å²) >= 11 is 3.22. The van der Waals surface area contributed by atoms with Crippen LogP contribution in [-0.2, 0) is 10.0 Å². The van der Waals surface area contributed by atoms with Gasteiger partial charge in [0.05, 0.1) is 4.90 Å². The Morgan fingerprint density at radius 1 is 1.40 bits per heavy atom. The van der Waals surface area contributed by atoms with E-state index >= 15 is 0 Å². The van der Waals surface area contributed by atoms with Gasteiger partial charge in [-0.05, 0) is 37.5 Å². The lowest BCUT2D eigenvalue weighted by Gasteiger charge is -2.22. The molecule has 1 amide bonds. The molecule has 0 saturated heterocycles. The van der Waals surface area contributed by atoms with Crippen LogP contribution >= 0.6 is 15.9 Å². The molecule has 1 aromatic rings. The zero-order valence-electron chi connectivity index (χ0n) is 11.2. The summed E-state index contributed by atoms with van der Waals surface area (Å²) < 4.78 is 23.4. The molecule has 0 atom stereocenters. The normalized spacial score (nSPS) is 15.2. The molecule has 1 fully saturated rings. The molecular formula is C13H17BrN2O3S. The molecule has 1 saturated carbocycles. The first-order chi connectivity index (χ1) is 9.32. The highest BCUT2D eigenvalue weighted by Crippen LogP contribution is 2.29. The summed E-state index contributed by atoms with van der Waals surface area (Å²) in [6.07, 6.45) is 2.90. The fraction of sp³-hybridized carbons (Fsp3) is 0.462. The molecule has 0 aromatic heterocycles. The van der Waals surface area contributed by atoms with Gasteiger partial charge < -0.3 is 4.90 Å². The maximum Gasteiger partial charge on any atom is 0.254 e. The lowest BCUT2D eigenvalue weighted by Crippen LogP contribution is -2.34. The second-order valence-electron chi connectivity index (χ2n) is 4.95. The summed E-state index contributed by atoms with van der Waals surface area (Å²) in [7, 11) is -3.82. The fourth-order valence-electron chi connectivity index (χ4n) is 2.09. The predicted molar refractivity (Wildman–Crippen MR) is 79.9 cm³/mol. The Morgan fingerprint density at radius 3 is 2.55 bits per heavy atom.